The van der Waals surface area contributed by atoms with E-state index in [4.69, 9.17) is 14.6 Å². The SMILES string of the molecule is CC1(C)O[C@H](c2cc(O)cc(O)c2)[C@H](c2ccc(CO)cc2)O1. The minimum absolute atomic E-state index is 0.0162. The van der Waals surface area contributed by atoms with E-state index in [-0.39, 0.29) is 24.2 Å². The zero-order valence-corrected chi connectivity index (χ0v) is 13.1. The third-order valence-electron chi connectivity index (χ3n) is 3.84. The number of phenolic OH excluding ortho intramolecular Hbond substituents is 2. The molecule has 5 heteroatoms. The Kier molecular flexibility index (Phi) is 4.02. The standard InChI is InChI=1S/C18H20O5/c1-18(2)22-16(12-5-3-11(10-19)4-6-12)17(23-18)13-7-14(20)9-15(21)8-13/h3-9,16-17,19-21H,10H2,1-2H3/t16-,17+/m0/s1. The third-order valence-corrected chi connectivity index (χ3v) is 3.84. The van der Waals surface area contributed by atoms with Gasteiger partial charge in [0.05, 0.1) is 6.61 Å². The van der Waals surface area contributed by atoms with Crippen molar-refractivity contribution in [2.24, 2.45) is 0 Å². The van der Waals surface area contributed by atoms with Crippen LogP contribution >= 0.6 is 0 Å². The number of aromatic hydroxyl groups is 2. The first-order valence-corrected chi connectivity index (χ1v) is 7.46. The smallest absolute Gasteiger partial charge is 0.164 e. The molecule has 23 heavy (non-hydrogen) atoms. The van der Waals surface area contributed by atoms with Gasteiger partial charge in [0.25, 0.3) is 0 Å². The number of aliphatic hydroxyl groups is 1. The Morgan fingerprint density at radius 2 is 1.39 bits per heavy atom. The highest BCUT2D eigenvalue weighted by atomic mass is 16.7. The third kappa shape index (κ3) is 3.32. The summed E-state index contributed by atoms with van der Waals surface area (Å²) in [5.41, 5.74) is 2.36. The lowest BCUT2D eigenvalue weighted by molar-refractivity contribution is -0.147. The summed E-state index contributed by atoms with van der Waals surface area (Å²) in [6, 6.07) is 11.8. The fraction of sp³-hybridized carbons (Fsp3) is 0.333. The van der Waals surface area contributed by atoms with Crippen LogP contribution in [0.1, 0.15) is 42.7 Å². The molecule has 1 aliphatic heterocycles. The Hall–Kier alpha value is -2.08. The molecule has 1 fully saturated rings. The summed E-state index contributed by atoms with van der Waals surface area (Å²) in [6.07, 6.45) is -0.832. The molecule has 0 aromatic heterocycles. The van der Waals surface area contributed by atoms with Gasteiger partial charge in [0.2, 0.25) is 0 Å². The van der Waals surface area contributed by atoms with Crippen LogP contribution in [0, 0.1) is 0 Å². The highest BCUT2D eigenvalue weighted by Gasteiger charge is 2.43. The minimum Gasteiger partial charge on any atom is -0.508 e. The van der Waals surface area contributed by atoms with E-state index in [1.165, 1.54) is 6.07 Å². The number of aliphatic hydroxyl groups excluding tert-OH is 1. The molecule has 0 radical (unpaired) electrons. The van der Waals surface area contributed by atoms with Crippen LogP contribution in [0.5, 0.6) is 11.5 Å². The van der Waals surface area contributed by atoms with Crippen LogP contribution in [0.4, 0.5) is 0 Å². The van der Waals surface area contributed by atoms with Crippen LogP contribution in [0.3, 0.4) is 0 Å². The number of phenols is 2. The van der Waals surface area contributed by atoms with E-state index in [0.717, 1.165) is 11.1 Å². The lowest BCUT2D eigenvalue weighted by atomic mass is 9.97. The number of hydrogen-bond acceptors (Lipinski definition) is 5. The molecule has 0 bridgehead atoms. The van der Waals surface area contributed by atoms with Gasteiger partial charge in [-0.2, -0.15) is 0 Å². The van der Waals surface area contributed by atoms with Crippen molar-refractivity contribution in [2.45, 2.75) is 38.4 Å². The maximum absolute atomic E-state index is 9.73. The van der Waals surface area contributed by atoms with Gasteiger partial charge in [-0.3, -0.25) is 0 Å². The first kappa shape index (κ1) is 15.8. The molecule has 2 atom stereocenters. The fourth-order valence-corrected chi connectivity index (χ4v) is 2.84. The molecule has 5 nitrogen and oxygen atoms in total. The summed E-state index contributed by atoms with van der Waals surface area (Å²) in [7, 11) is 0. The van der Waals surface area contributed by atoms with Gasteiger partial charge in [-0.25, -0.2) is 0 Å². The zero-order valence-electron chi connectivity index (χ0n) is 13.1. The van der Waals surface area contributed by atoms with Gasteiger partial charge in [0, 0.05) is 6.07 Å². The number of benzene rings is 2. The molecule has 3 N–H and O–H groups in total. The highest BCUT2D eigenvalue weighted by molar-refractivity contribution is 5.39. The minimum atomic E-state index is -0.786. The Morgan fingerprint density at radius 1 is 0.870 bits per heavy atom. The zero-order chi connectivity index (χ0) is 16.6. The Morgan fingerprint density at radius 3 is 1.91 bits per heavy atom. The van der Waals surface area contributed by atoms with Crippen LogP contribution in [0.25, 0.3) is 0 Å². The van der Waals surface area contributed by atoms with E-state index < -0.39 is 11.9 Å². The summed E-state index contributed by atoms with van der Waals surface area (Å²) in [5.74, 6) is -0.836. The second-order valence-corrected chi connectivity index (χ2v) is 6.16. The molecule has 0 spiro atoms. The van der Waals surface area contributed by atoms with Crippen molar-refractivity contribution in [2.75, 3.05) is 0 Å². The van der Waals surface area contributed by atoms with Crippen molar-refractivity contribution >= 4 is 0 Å². The topological polar surface area (TPSA) is 79.2 Å². The summed E-state index contributed by atoms with van der Waals surface area (Å²) >= 11 is 0. The van der Waals surface area contributed by atoms with Crippen LogP contribution < -0.4 is 0 Å². The lowest BCUT2D eigenvalue weighted by Crippen LogP contribution is -2.20. The van der Waals surface area contributed by atoms with Crippen molar-refractivity contribution in [3.63, 3.8) is 0 Å². The van der Waals surface area contributed by atoms with Gasteiger partial charge in [0.15, 0.2) is 5.79 Å². The van der Waals surface area contributed by atoms with Crippen LogP contribution in [-0.2, 0) is 16.1 Å². The molecule has 3 rings (SSSR count). The largest absolute Gasteiger partial charge is 0.508 e. The van der Waals surface area contributed by atoms with Gasteiger partial charge in [-0.15, -0.1) is 0 Å². The van der Waals surface area contributed by atoms with Gasteiger partial charge in [0.1, 0.15) is 23.7 Å². The van der Waals surface area contributed by atoms with E-state index in [1.807, 2.05) is 38.1 Å². The predicted molar refractivity (Wildman–Crippen MR) is 83.9 cm³/mol. The molecule has 1 heterocycles. The maximum atomic E-state index is 9.73. The first-order valence-electron chi connectivity index (χ1n) is 7.46. The van der Waals surface area contributed by atoms with Gasteiger partial charge < -0.3 is 24.8 Å². The Labute approximate surface area is 134 Å². The number of rotatable bonds is 3. The fourth-order valence-electron chi connectivity index (χ4n) is 2.84. The first-order chi connectivity index (χ1) is 10.9. The molecule has 122 valence electrons. The van der Waals surface area contributed by atoms with Crippen molar-refractivity contribution in [3.05, 3.63) is 59.2 Å². The summed E-state index contributed by atoms with van der Waals surface area (Å²) < 4.78 is 12.0. The lowest BCUT2D eigenvalue weighted by Gasteiger charge is -2.18. The Bertz CT molecular complexity index is 673. The molecule has 0 unspecified atom stereocenters. The van der Waals surface area contributed by atoms with Crippen molar-refractivity contribution < 1.29 is 24.8 Å². The maximum Gasteiger partial charge on any atom is 0.164 e. The van der Waals surface area contributed by atoms with E-state index >= 15 is 0 Å². The average Bonchev–Trinajstić information content (AvgIpc) is 2.82. The van der Waals surface area contributed by atoms with Crippen molar-refractivity contribution in [1.82, 2.24) is 0 Å². The van der Waals surface area contributed by atoms with E-state index in [2.05, 4.69) is 0 Å². The van der Waals surface area contributed by atoms with Gasteiger partial charge in [-0.05, 0) is 42.7 Å². The highest BCUT2D eigenvalue weighted by Crippen LogP contribution is 2.47. The van der Waals surface area contributed by atoms with Gasteiger partial charge >= 0.3 is 0 Å². The summed E-state index contributed by atoms with van der Waals surface area (Å²) in [4.78, 5) is 0. The van der Waals surface area contributed by atoms with Crippen LogP contribution in [0.15, 0.2) is 42.5 Å². The summed E-state index contributed by atoms with van der Waals surface area (Å²) in [5, 5.41) is 28.6. The molecule has 0 saturated carbocycles. The molecule has 2 aromatic carbocycles. The average molecular weight is 316 g/mol. The second kappa shape index (κ2) is 5.85. The predicted octanol–water partition coefficient (Wildman–Crippen LogP) is 3.16. The van der Waals surface area contributed by atoms with Crippen LogP contribution in [0.2, 0.25) is 0 Å². The van der Waals surface area contributed by atoms with Crippen molar-refractivity contribution in [3.8, 4) is 11.5 Å². The van der Waals surface area contributed by atoms with E-state index in [9.17, 15) is 10.2 Å². The van der Waals surface area contributed by atoms with Gasteiger partial charge in [-0.1, -0.05) is 24.3 Å². The summed E-state index contributed by atoms with van der Waals surface area (Å²) in [6.45, 7) is 3.63. The van der Waals surface area contributed by atoms with E-state index in [0.29, 0.717) is 5.56 Å². The molecule has 0 aliphatic carbocycles. The second-order valence-electron chi connectivity index (χ2n) is 6.16. The molecule has 2 aromatic rings. The normalized spacial score (nSPS) is 23.1. The number of ether oxygens (including phenoxy) is 2. The molecular weight excluding hydrogens is 296 g/mol. The molecule has 1 aliphatic rings. The molecule has 1 saturated heterocycles. The van der Waals surface area contributed by atoms with Crippen molar-refractivity contribution in [1.29, 1.82) is 0 Å². The monoisotopic (exact) mass is 316 g/mol. The number of hydrogen-bond donors (Lipinski definition) is 3. The Balaban J connectivity index is 1.98. The van der Waals surface area contributed by atoms with Crippen LogP contribution in [-0.4, -0.2) is 21.1 Å². The molecular formula is C18H20O5. The quantitative estimate of drug-likeness (QED) is 0.810. The molecule has 0 amide bonds. The van der Waals surface area contributed by atoms with E-state index in [1.54, 1.807) is 12.1 Å².